The van der Waals surface area contributed by atoms with Crippen molar-refractivity contribution in [3.05, 3.63) is 63.1 Å². The van der Waals surface area contributed by atoms with E-state index in [4.69, 9.17) is 20.9 Å². The minimum atomic E-state index is -0.318. The second kappa shape index (κ2) is 7.05. The second-order valence-electron chi connectivity index (χ2n) is 6.91. The van der Waals surface area contributed by atoms with E-state index in [1.54, 1.807) is 7.05 Å². The van der Waals surface area contributed by atoms with Gasteiger partial charge in [-0.2, -0.15) is 10.1 Å². The summed E-state index contributed by atoms with van der Waals surface area (Å²) in [6, 6.07) is 7.61. The summed E-state index contributed by atoms with van der Waals surface area (Å²) in [5.74, 6) is 0.883. The summed E-state index contributed by atoms with van der Waals surface area (Å²) in [5, 5.41) is 16.6. The topological polar surface area (TPSA) is 114 Å². The van der Waals surface area contributed by atoms with E-state index in [0.29, 0.717) is 34.4 Å². The molecule has 0 saturated carbocycles. The molecule has 0 N–H and O–H groups in total. The van der Waals surface area contributed by atoms with Crippen LogP contribution in [0.1, 0.15) is 35.7 Å². The van der Waals surface area contributed by atoms with Crippen LogP contribution in [0.5, 0.6) is 0 Å². The van der Waals surface area contributed by atoms with Crippen LogP contribution in [0.4, 0.5) is 0 Å². The molecule has 0 radical (unpaired) electrons. The number of rotatable bonds is 4. The highest BCUT2D eigenvalue weighted by atomic mass is 35.5. The van der Waals surface area contributed by atoms with Gasteiger partial charge < -0.3 is 9.26 Å². The fraction of sp³-hybridized carbons (Fsp3) is 0.333. The molecule has 1 aromatic carbocycles. The van der Waals surface area contributed by atoms with Crippen molar-refractivity contribution in [2.75, 3.05) is 6.61 Å². The molecule has 5 rings (SSSR count). The van der Waals surface area contributed by atoms with Crippen molar-refractivity contribution in [3.8, 4) is 0 Å². The second-order valence-corrected chi connectivity index (χ2v) is 7.34. The molecule has 11 heteroatoms. The van der Waals surface area contributed by atoms with Crippen molar-refractivity contribution in [1.29, 1.82) is 0 Å². The van der Waals surface area contributed by atoms with Crippen LogP contribution in [0.15, 0.2) is 39.8 Å². The maximum absolute atomic E-state index is 12.6. The van der Waals surface area contributed by atoms with Crippen molar-refractivity contribution in [2.45, 2.75) is 25.0 Å². The molecule has 1 aliphatic rings. The zero-order valence-electron chi connectivity index (χ0n) is 15.4. The van der Waals surface area contributed by atoms with Gasteiger partial charge in [-0.25, -0.2) is 9.36 Å². The van der Waals surface area contributed by atoms with Crippen molar-refractivity contribution in [2.24, 2.45) is 7.05 Å². The summed E-state index contributed by atoms with van der Waals surface area (Å²) < 4.78 is 13.9. The Morgan fingerprint density at radius 3 is 2.93 bits per heavy atom. The van der Waals surface area contributed by atoms with Crippen LogP contribution in [0.25, 0.3) is 11.0 Å². The van der Waals surface area contributed by atoms with Gasteiger partial charge in [0.15, 0.2) is 11.3 Å². The lowest BCUT2D eigenvalue weighted by atomic mass is 10.0. The van der Waals surface area contributed by atoms with Gasteiger partial charge >= 0.3 is 0 Å². The smallest absolute Gasteiger partial charge is 0.295 e. The van der Waals surface area contributed by atoms with Gasteiger partial charge in [0, 0.05) is 18.0 Å². The van der Waals surface area contributed by atoms with Crippen LogP contribution >= 0.6 is 11.6 Å². The summed E-state index contributed by atoms with van der Waals surface area (Å²) >= 11 is 5.95. The summed E-state index contributed by atoms with van der Waals surface area (Å²) in [5.41, 5.74) is 1.56. The number of nitrogens with zero attached hydrogens (tertiary/aromatic N) is 7. The Hall–Kier alpha value is -3.11. The predicted octanol–water partition coefficient (Wildman–Crippen LogP) is 1.85. The number of aromatic nitrogens is 7. The highest BCUT2D eigenvalue weighted by molar-refractivity contribution is 6.30. The maximum Gasteiger partial charge on any atom is 0.295 e. The van der Waals surface area contributed by atoms with Crippen LogP contribution < -0.4 is 5.56 Å². The molecular weight excluding hydrogens is 398 g/mol. The highest BCUT2D eigenvalue weighted by Crippen LogP contribution is 2.37. The molecule has 1 fully saturated rings. The van der Waals surface area contributed by atoms with Crippen molar-refractivity contribution in [1.82, 2.24) is 34.9 Å². The van der Waals surface area contributed by atoms with Gasteiger partial charge in [-0.05, 0) is 24.1 Å². The van der Waals surface area contributed by atoms with Crippen LogP contribution in [0.3, 0.4) is 0 Å². The Kier molecular flexibility index (Phi) is 4.36. The third-order valence-electron chi connectivity index (χ3n) is 4.98. The van der Waals surface area contributed by atoms with Gasteiger partial charge in [0.25, 0.3) is 5.56 Å². The number of fused-ring (bicyclic) bond motifs is 1. The fourth-order valence-electron chi connectivity index (χ4n) is 3.46. The fourth-order valence-corrected chi connectivity index (χ4v) is 3.59. The SMILES string of the molecule is Cn1nnc2cnn(Cc3nc([C@@H]4CO[C@@H](c5ccc(Cl)cc5)C4)no3)c(=O)c21. The Morgan fingerprint density at radius 1 is 1.28 bits per heavy atom. The molecular formula is C18H16ClN7O3. The van der Waals surface area contributed by atoms with Gasteiger partial charge in [0.05, 0.1) is 18.9 Å². The molecule has 4 aromatic rings. The number of ether oxygens (including phenoxy) is 1. The highest BCUT2D eigenvalue weighted by Gasteiger charge is 2.31. The molecule has 29 heavy (non-hydrogen) atoms. The van der Waals surface area contributed by atoms with E-state index in [9.17, 15) is 4.79 Å². The van der Waals surface area contributed by atoms with Gasteiger partial charge in [-0.3, -0.25) is 4.79 Å². The third-order valence-corrected chi connectivity index (χ3v) is 5.23. The molecule has 0 amide bonds. The van der Waals surface area contributed by atoms with Gasteiger partial charge in [0.2, 0.25) is 5.89 Å². The van der Waals surface area contributed by atoms with E-state index in [1.165, 1.54) is 15.6 Å². The first-order valence-electron chi connectivity index (χ1n) is 9.03. The zero-order valence-corrected chi connectivity index (χ0v) is 16.2. The molecule has 1 aliphatic heterocycles. The summed E-state index contributed by atoms with van der Waals surface area (Å²) in [4.78, 5) is 17.0. The molecule has 1 saturated heterocycles. The number of aryl methyl sites for hydroxylation is 1. The summed E-state index contributed by atoms with van der Waals surface area (Å²) in [6.45, 7) is 0.568. The van der Waals surface area contributed by atoms with Crippen molar-refractivity contribution >= 4 is 22.6 Å². The lowest BCUT2D eigenvalue weighted by Gasteiger charge is -2.09. The lowest BCUT2D eigenvalue weighted by Crippen LogP contribution is -2.24. The molecule has 4 heterocycles. The number of benzene rings is 1. The largest absolute Gasteiger partial charge is 0.373 e. The molecule has 0 aliphatic carbocycles. The van der Waals surface area contributed by atoms with Crippen LogP contribution in [-0.2, 0) is 18.3 Å². The number of hydrogen-bond donors (Lipinski definition) is 0. The van der Waals surface area contributed by atoms with Crippen LogP contribution in [0.2, 0.25) is 5.02 Å². The van der Waals surface area contributed by atoms with E-state index >= 15 is 0 Å². The van der Waals surface area contributed by atoms with E-state index in [2.05, 4.69) is 25.6 Å². The number of hydrogen-bond acceptors (Lipinski definition) is 8. The van der Waals surface area contributed by atoms with E-state index in [1.807, 2.05) is 24.3 Å². The average molecular weight is 414 g/mol. The first-order chi connectivity index (χ1) is 14.1. The quantitative estimate of drug-likeness (QED) is 0.498. The summed E-state index contributed by atoms with van der Waals surface area (Å²) in [6.07, 6.45) is 2.19. The normalized spacial score (nSPS) is 19.2. The van der Waals surface area contributed by atoms with Crippen molar-refractivity contribution < 1.29 is 9.26 Å². The third kappa shape index (κ3) is 3.30. The first kappa shape index (κ1) is 18.0. The standard InChI is InChI=1S/C18H16ClN7O3/c1-25-16-13(22-24-25)7-20-26(18(16)27)8-15-21-17(23-29-15)11-6-14(28-9-11)10-2-4-12(19)5-3-10/h2-5,7,11,14H,6,8-9H2,1H3/t11-,14+/m0/s1. The monoisotopic (exact) mass is 413 g/mol. The average Bonchev–Trinajstić information content (AvgIpc) is 3.45. The predicted molar refractivity (Wildman–Crippen MR) is 101 cm³/mol. The number of halogens is 1. The minimum Gasteiger partial charge on any atom is -0.373 e. The lowest BCUT2D eigenvalue weighted by molar-refractivity contribution is 0.110. The maximum atomic E-state index is 12.6. The molecule has 148 valence electrons. The van der Waals surface area contributed by atoms with E-state index in [-0.39, 0.29) is 24.1 Å². The Balaban J connectivity index is 1.32. The zero-order chi connectivity index (χ0) is 20.0. The van der Waals surface area contributed by atoms with Gasteiger partial charge in [0.1, 0.15) is 12.1 Å². The summed E-state index contributed by atoms with van der Waals surface area (Å²) in [7, 11) is 1.66. The molecule has 10 nitrogen and oxygen atoms in total. The van der Waals surface area contributed by atoms with Gasteiger partial charge in [-0.1, -0.05) is 34.1 Å². The Bertz CT molecular complexity index is 1230. The van der Waals surface area contributed by atoms with E-state index < -0.39 is 0 Å². The first-order valence-corrected chi connectivity index (χ1v) is 9.41. The molecule has 0 unspecified atom stereocenters. The van der Waals surface area contributed by atoms with Gasteiger partial charge in [-0.15, -0.1) is 5.10 Å². The van der Waals surface area contributed by atoms with Crippen LogP contribution in [0, 0.1) is 0 Å². The van der Waals surface area contributed by atoms with E-state index in [0.717, 1.165) is 12.0 Å². The Morgan fingerprint density at radius 2 is 2.10 bits per heavy atom. The van der Waals surface area contributed by atoms with Crippen LogP contribution in [-0.4, -0.2) is 41.5 Å². The van der Waals surface area contributed by atoms with Crippen molar-refractivity contribution in [3.63, 3.8) is 0 Å². The Labute approximate surface area is 169 Å². The molecule has 0 bridgehead atoms. The minimum absolute atomic E-state index is 0.0154. The molecule has 2 atom stereocenters. The molecule has 0 spiro atoms. The molecule has 3 aromatic heterocycles.